The minimum Gasteiger partial charge on any atom is -0.346 e. The van der Waals surface area contributed by atoms with Gasteiger partial charge in [0.05, 0.1) is 6.04 Å². The van der Waals surface area contributed by atoms with Crippen LogP contribution >= 0.6 is 0 Å². The van der Waals surface area contributed by atoms with Gasteiger partial charge in [0.1, 0.15) is 11.6 Å². The molecule has 2 aromatic heterocycles. The van der Waals surface area contributed by atoms with Gasteiger partial charge in [-0.1, -0.05) is 0 Å². The molecule has 1 N–H and O–H groups in total. The maximum atomic E-state index is 12.2. The molecule has 1 aliphatic carbocycles. The molecule has 0 spiro atoms. The number of carbonyl (C=O) groups excluding carboxylic acids is 1. The Labute approximate surface area is 124 Å². The van der Waals surface area contributed by atoms with Gasteiger partial charge in [-0.15, -0.1) is 0 Å². The van der Waals surface area contributed by atoms with E-state index < -0.39 is 0 Å². The van der Waals surface area contributed by atoms with Gasteiger partial charge < -0.3 is 14.5 Å². The third-order valence-electron chi connectivity index (χ3n) is 4.05. The molecule has 6 heteroatoms. The van der Waals surface area contributed by atoms with Gasteiger partial charge in [0.2, 0.25) is 5.91 Å². The molecule has 0 bridgehead atoms. The summed E-state index contributed by atoms with van der Waals surface area (Å²) < 4.78 is 3.98. The van der Waals surface area contributed by atoms with Crippen LogP contribution in [0.3, 0.4) is 0 Å². The van der Waals surface area contributed by atoms with Gasteiger partial charge in [0.25, 0.3) is 0 Å². The van der Waals surface area contributed by atoms with Gasteiger partial charge in [-0.25, -0.2) is 9.97 Å². The number of rotatable bonds is 6. The van der Waals surface area contributed by atoms with Crippen molar-refractivity contribution in [1.29, 1.82) is 0 Å². The summed E-state index contributed by atoms with van der Waals surface area (Å²) in [5.74, 6) is 2.49. The Balaban J connectivity index is 1.60. The van der Waals surface area contributed by atoms with Crippen LogP contribution in [0.5, 0.6) is 0 Å². The largest absolute Gasteiger partial charge is 0.346 e. The van der Waals surface area contributed by atoms with Gasteiger partial charge in [-0.2, -0.15) is 0 Å². The zero-order valence-corrected chi connectivity index (χ0v) is 12.5. The average Bonchev–Trinajstić information content (AvgIpc) is 3.09. The predicted molar refractivity (Wildman–Crippen MR) is 78.4 cm³/mol. The second-order valence-electron chi connectivity index (χ2n) is 5.70. The van der Waals surface area contributed by atoms with Crippen molar-refractivity contribution in [3.8, 4) is 0 Å². The number of nitrogens with one attached hydrogen (secondary N) is 1. The standard InChI is InChI=1S/C15H21N5O/c1-11-16-7-10-20(11)8-5-13(21)18-14(12-3-4-12)15-17-6-9-19(15)2/h6-7,9-10,12,14H,3-5,8H2,1-2H3,(H,18,21). The van der Waals surface area contributed by atoms with Crippen LogP contribution in [0.15, 0.2) is 24.8 Å². The first-order chi connectivity index (χ1) is 10.1. The molecule has 21 heavy (non-hydrogen) atoms. The summed E-state index contributed by atoms with van der Waals surface area (Å²) in [5, 5.41) is 3.15. The number of aromatic nitrogens is 4. The molecule has 0 aliphatic heterocycles. The van der Waals surface area contributed by atoms with E-state index >= 15 is 0 Å². The molecule has 0 aromatic carbocycles. The van der Waals surface area contributed by atoms with Crippen LogP contribution in [0.2, 0.25) is 0 Å². The summed E-state index contributed by atoms with van der Waals surface area (Å²) in [7, 11) is 1.97. The molecule has 2 heterocycles. The SMILES string of the molecule is Cc1nccn1CCC(=O)NC(c1nccn1C)C1CC1. The predicted octanol–water partition coefficient (Wildman–Crippen LogP) is 1.58. The van der Waals surface area contributed by atoms with E-state index in [9.17, 15) is 4.79 Å². The van der Waals surface area contributed by atoms with Crippen molar-refractivity contribution < 1.29 is 4.79 Å². The first kappa shape index (κ1) is 13.9. The first-order valence-corrected chi connectivity index (χ1v) is 7.39. The summed E-state index contributed by atoms with van der Waals surface area (Å²) in [6.45, 7) is 2.61. The Kier molecular flexibility index (Phi) is 3.77. The number of amides is 1. The summed E-state index contributed by atoms with van der Waals surface area (Å²) in [5.41, 5.74) is 0. The van der Waals surface area contributed by atoms with E-state index in [0.717, 1.165) is 11.6 Å². The van der Waals surface area contributed by atoms with Crippen LogP contribution in [0.1, 0.15) is 37.0 Å². The number of carbonyl (C=O) groups is 1. The Morgan fingerprint density at radius 3 is 2.71 bits per heavy atom. The lowest BCUT2D eigenvalue weighted by Gasteiger charge is -2.18. The summed E-state index contributed by atoms with van der Waals surface area (Å²) in [6, 6.07) is 0.0429. The third-order valence-corrected chi connectivity index (χ3v) is 4.05. The second kappa shape index (κ2) is 5.71. The fourth-order valence-electron chi connectivity index (χ4n) is 2.61. The highest BCUT2D eigenvalue weighted by Gasteiger charge is 2.35. The maximum absolute atomic E-state index is 12.2. The van der Waals surface area contributed by atoms with Gasteiger partial charge in [0.15, 0.2) is 0 Å². The average molecular weight is 287 g/mol. The van der Waals surface area contributed by atoms with Crippen molar-refractivity contribution in [3.63, 3.8) is 0 Å². The van der Waals surface area contributed by atoms with E-state index in [1.807, 2.05) is 35.5 Å². The Morgan fingerprint density at radius 1 is 1.38 bits per heavy atom. The van der Waals surface area contributed by atoms with Crippen LogP contribution in [0.4, 0.5) is 0 Å². The van der Waals surface area contributed by atoms with Crippen molar-refractivity contribution in [3.05, 3.63) is 36.4 Å². The van der Waals surface area contributed by atoms with E-state index in [1.54, 1.807) is 12.4 Å². The van der Waals surface area contributed by atoms with Gasteiger partial charge in [-0.3, -0.25) is 4.79 Å². The van der Waals surface area contributed by atoms with Gasteiger partial charge in [-0.05, 0) is 25.7 Å². The minimum atomic E-state index is 0.0429. The Morgan fingerprint density at radius 2 is 2.14 bits per heavy atom. The molecule has 0 radical (unpaired) electrons. The third kappa shape index (κ3) is 3.15. The monoisotopic (exact) mass is 287 g/mol. The van der Waals surface area contributed by atoms with Crippen molar-refractivity contribution in [2.24, 2.45) is 13.0 Å². The Bertz CT molecular complexity index is 626. The molecule has 1 aliphatic rings. The van der Waals surface area contributed by atoms with Crippen LogP contribution in [0, 0.1) is 12.8 Å². The lowest BCUT2D eigenvalue weighted by molar-refractivity contribution is -0.122. The molecule has 112 valence electrons. The highest BCUT2D eigenvalue weighted by atomic mass is 16.1. The number of nitrogens with zero attached hydrogens (tertiary/aromatic N) is 4. The van der Waals surface area contributed by atoms with Crippen molar-refractivity contribution in [2.75, 3.05) is 0 Å². The van der Waals surface area contributed by atoms with Crippen LogP contribution in [-0.4, -0.2) is 25.0 Å². The molecule has 1 fully saturated rings. The summed E-state index contributed by atoms with van der Waals surface area (Å²) in [4.78, 5) is 20.8. The fourth-order valence-corrected chi connectivity index (χ4v) is 2.61. The molecular weight excluding hydrogens is 266 g/mol. The van der Waals surface area contributed by atoms with E-state index in [2.05, 4.69) is 15.3 Å². The Hall–Kier alpha value is -2.11. The van der Waals surface area contributed by atoms with E-state index in [-0.39, 0.29) is 11.9 Å². The van der Waals surface area contributed by atoms with E-state index in [1.165, 1.54) is 12.8 Å². The lowest BCUT2D eigenvalue weighted by atomic mass is 10.1. The van der Waals surface area contributed by atoms with Crippen LogP contribution < -0.4 is 5.32 Å². The molecule has 3 rings (SSSR count). The zero-order chi connectivity index (χ0) is 14.8. The van der Waals surface area contributed by atoms with Crippen LogP contribution in [0.25, 0.3) is 0 Å². The number of imidazole rings is 2. The van der Waals surface area contributed by atoms with Crippen molar-refractivity contribution in [2.45, 2.75) is 38.8 Å². The molecule has 1 saturated carbocycles. The van der Waals surface area contributed by atoms with Crippen molar-refractivity contribution >= 4 is 5.91 Å². The highest BCUT2D eigenvalue weighted by molar-refractivity contribution is 5.76. The van der Waals surface area contributed by atoms with Crippen molar-refractivity contribution in [1.82, 2.24) is 24.4 Å². The van der Waals surface area contributed by atoms with Gasteiger partial charge in [0, 0.05) is 44.8 Å². The second-order valence-corrected chi connectivity index (χ2v) is 5.70. The number of aryl methyl sites for hydroxylation is 3. The lowest BCUT2D eigenvalue weighted by Crippen LogP contribution is -2.32. The summed E-state index contributed by atoms with van der Waals surface area (Å²) in [6.07, 6.45) is 10.2. The summed E-state index contributed by atoms with van der Waals surface area (Å²) >= 11 is 0. The maximum Gasteiger partial charge on any atom is 0.222 e. The van der Waals surface area contributed by atoms with Crippen LogP contribution in [-0.2, 0) is 18.4 Å². The highest BCUT2D eigenvalue weighted by Crippen LogP contribution is 2.40. The normalized spacial score (nSPS) is 15.9. The first-order valence-electron chi connectivity index (χ1n) is 7.39. The fraction of sp³-hybridized carbons (Fsp3) is 0.533. The molecule has 6 nitrogen and oxygen atoms in total. The quantitative estimate of drug-likeness (QED) is 0.877. The zero-order valence-electron chi connectivity index (χ0n) is 12.5. The molecule has 0 saturated heterocycles. The number of hydrogen-bond acceptors (Lipinski definition) is 3. The van der Waals surface area contributed by atoms with E-state index in [0.29, 0.717) is 18.9 Å². The van der Waals surface area contributed by atoms with E-state index in [4.69, 9.17) is 0 Å². The number of hydrogen-bond donors (Lipinski definition) is 1. The molecular formula is C15H21N5O. The molecule has 1 amide bonds. The van der Waals surface area contributed by atoms with Gasteiger partial charge >= 0.3 is 0 Å². The minimum absolute atomic E-state index is 0.0429. The molecule has 2 aromatic rings. The molecule has 1 unspecified atom stereocenters. The smallest absolute Gasteiger partial charge is 0.222 e. The molecule has 1 atom stereocenters. The topological polar surface area (TPSA) is 64.7 Å².